The molecule has 0 aliphatic heterocycles. The fraction of sp³-hybridized carbons (Fsp3) is 0.351. The van der Waals surface area contributed by atoms with Gasteiger partial charge in [0.2, 0.25) is 0 Å². The molecule has 10 heteroatoms. The molecule has 67 heavy (non-hydrogen) atoms. The molecule has 0 fully saturated rings. The van der Waals surface area contributed by atoms with Crippen molar-refractivity contribution in [1.29, 1.82) is 0 Å². The first-order valence-corrected chi connectivity index (χ1v) is 24.2. The third-order valence-electron chi connectivity index (χ3n) is 12.7. The summed E-state index contributed by atoms with van der Waals surface area (Å²) in [6.07, 6.45) is 30.4. The van der Waals surface area contributed by atoms with Gasteiger partial charge in [-0.15, -0.1) is 0 Å². The van der Waals surface area contributed by atoms with Crippen LogP contribution < -0.4 is 19.1 Å². The van der Waals surface area contributed by atoms with Crippen molar-refractivity contribution < 1.29 is 28.8 Å². The second kappa shape index (κ2) is 23.7. The molecule has 2 aromatic heterocycles. The van der Waals surface area contributed by atoms with Gasteiger partial charge in [-0.25, -0.2) is 24.7 Å². The summed E-state index contributed by atoms with van der Waals surface area (Å²) in [5.41, 5.74) is 9.44. The predicted octanol–water partition coefficient (Wildman–Crippen LogP) is 13.2. The molecule has 2 aliphatic rings. The third kappa shape index (κ3) is 12.4. The molecule has 0 bridgehead atoms. The van der Waals surface area contributed by atoms with E-state index in [1.807, 2.05) is 72.8 Å². The summed E-state index contributed by atoms with van der Waals surface area (Å²) >= 11 is 0. The van der Waals surface area contributed by atoms with Gasteiger partial charge in [0.1, 0.15) is 12.4 Å². The van der Waals surface area contributed by atoms with Crippen molar-refractivity contribution in [1.82, 2.24) is 19.9 Å². The number of carbonyl (C=O) groups excluding carboxylic acids is 1. The van der Waals surface area contributed by atoms with Gasteiger partial charge in [0.05, 0.1) is 18.8 Å². The number of unbranched alkanes of at least 4 members (excludes halogenated alkanes) is 8. The van der Waals surface area contributed by atoms with E-state index in [4.69, 9.17) is 24.0 Å². The van der Waals surface area contributed by atoms with E-state index in [0.29, 0.717) is 42.3 Å². The maximum atomic E-state index is 13.7. The first-order valence-electron chi connectivity index (χ1n) is 24.2. The molecule has 10 nitrogen and oxygen atoms in total. The molecular formula is C57H62N4O6. The Morgan fingerprint density at radius 3 is 1.57 bits per heavy atom. The van der Waals surface area contributed by atoms with E-state index in [-0.39, 0.29) is 12.0 Å². The van der Waals surface area contributed by atoms with Crippen LogP contribution in [0.5, 0.6) is 23.5 Å². The van der Waals surface area contributed by atoms with Crippen LogP contribution in [0.4, 0.5) is 0 Å². The van der Waals surface area contributed by atoms with E-state index in [0.717, 1.165) is 83.9 Å². The number of aryl methyl sites for hydroxylation is 2. The average Bonchev–Trinajstić information content (AvgIpc) is 3.95. The Morgan fingerprint density at radius 1 is 0.552 bits per heavy atom. The quantitative estimate of drug-likeness (QED) is 0.0191. The first-order chi connectivity index (χ1) is 33.0. The van der Waals surface area contributed by atoms with Crippen LogP contribution >= 0.6 is 0 Å². The Labute approximate surface area is 395 Å². The van der Waals surface area contributed by atoms with Crippen molar-refractivity contribution in [3.8, 4) is 23.5 Å². The monoisotopic (exact) mass is 898 g/mol. The molecule has 0 N–H and O–H groups in total. The largest absolute Gasteiger partial charge is 0.463 e. The van der Waals surface area contributed by atoms with Crippen molar-refractivity contribution in [2.24, 2.45) is 0 Å². The molecule has 1 spiro atoms. The van der Waals surface area contributed by atoms with Crippen molar-refractivity contribution in [2.45, 2.75) is 116 Å². The first kappa shape index (κ1) is 46.9. The van der Waals surface area contributed by atoms with E-state index in [1.165, 1.54) is 56.1 Å². The lowest BCUT2D eigenvalue weighted by Gasteiger charge is -2.29. The molecule has 1 unspecified atom stereocenters. The predicted molar refractivity (Wildman–Crippen MR) is 264 cm³/mol. The van der Waals surface area contributed by atoms with Crippen LogP contribution in [-0.4, -0.2) is 39.1 Å². The standard InChI is InChI=1S/C57H62N4O6/c1-3-5-7-9-11-35-63-55-58-37-45(38-59-55)25-21-42-19-23-44(24-20-42)41-65-67-51-18-14-16-48-32-34-57(53(48)51)33-31-47-15-13-17-50(52(47)57)66-54(62)49-29-27-43(28-30-49)22-26-46-39-60-56(61-40-46)64-36-12-10-8-6-4-2/h13-30,37-40H,3-12,31-36,41H2,1-2H3/b25-21+,26-22+. The molecular weight excluding hydrogens is 837 g/mol. The highest BCUT2D eigenvalue weighted by molar-refractivity contribution is 5.92. The van der Waals surface area contributed by atoms with Crippen LogP contribution in [0.2, 0.25) is 0 Å². The highest BCUT2D eigenvalue weighted by atomic mass is 17.2. The lowest BCUT2D eigenvalue weighted by Crippen LogP contribution is -2.24. The topological polar surface area (TPSA) is 115 Å². The number of nitrogens with zero attached hydrogens (tertiary/aromatic N) is 4. The molecule has 0 saturated heterocycles. The molecule has 4 aromatic carbocycles. The number of esters is 1. The molecule has 0 amide bonds. The van der Waals surface area contributed by atoms with Crippen LogP contribution in [0.25, 0.3) is 24.3 Å². The van der Waals surface area contributed by atoms with Gasteiger partial charge in [-0.2, -0.15) is 4.89 Å². The zero-order valence-electron chi connectivity index (χ0n) is 39.0. The minimum absolute atomic E-state index is 0.277. The smallest absolute Gasteiger partial charge is 0.343 e. The van der Waals surface area contributed by atoms with Crippen molar-refractivity contribution in [3.63, 3.8) is 0 Å². The van der Waals surface area contributed by atoms with Gasteiger partial charge in [-0.05, 0) is 90.6 Å². The Hall–Kier alpha value is -6.65. The molecule has 8 rings (SSSR count). The van der Waals surface area contributed by atoms with E-state index in [2.05, 4.69) is 58.0 Å². The van der Waals surface area contributed by atoms with Gasteiger partial charge in [-0.3, -0.25) is 0 Å². The molecule has 1 atom stereocenters. The van der Waals surface area contributed by atoms with Gasteiger partial charge in [0.15, 0.2) is 5.75 Å². The fourth-order valence-electron chi connectivity index (χ4n) is 9.13. The zero-order chi connectivity index (χ0) is 46.1. The van der Waals surface area contributed by atoms with E-state index in [1.54, 1.807) is 36.9 Å². The minimum atomic E-state index is -0.398. The summed E-state index contributed by atoms with van der Waals surface area (Å²) < 4.78 is 17.7. The lowest BCUT2D eigenvalue weighted by molar-refractivity contribution is -0.218. The Morgan fingerprint density at radius 2 is 1.03 bits per heavy atom. The molecule has 0 saturated carbocycles. The second-order valence-corrected chi connectivity index (χ2v) is 17.6. The summed E-state index contributed by atoms with van der Waals surface area (Å²) in [6.45, 7) is 5.98. The third-order valence-corrected chi connectivity index (χ3v) is 12.7. The molecule has 0 radical (unpaired) electrons. The Balaban J connectivity index is 0.852. The lowest BCUT2D eigenvalue weighted by atomic mass is 9.76. The average molecular weight is 899 g/mol. The number of hydrogen-bond donors (Lipinski definition) is 0. The summed E-state index contributed by atoms with van der Waals surface area (Å²) in [6, 6.07) is 28.6. The summed E-state index contributed by atoms with van der Waals surface area (Å²) in [5, 5.41) is 0. The van der Waals surface area contributed by atoms with E-state index < -0.39 is 5.97 Å². The molecule has 346 valence electrons. The van der Waals surface area contributed by atoms with E-state index in [9.17, 15) is 4.79 Å². The highest BCUT2D eigenvalue weighted by Gasteiger charge is 2.49. The van der Waals surface area contributed by atoms with E-state index >= 15 is 0 Å². The summed E-state index contributed by atoms with van der Waals surface area (Å²) in [4.78, 5) is 43.3. The van der Waals surface area contributed by atoms with Crippen LogP contribution in [0, 0.1) is 0 Å². The van der Waals surface area contributed by atoms with Crippen molar-refractivity contribution in [3.05, 3.63) is 165 Å². The summed E-state index contributed by atoms with van der Waals surface area (Å²) in [7, 11) is 0. The van der Waals surface area contributed by atoms with Crippen molar-refractivity contribution in [2.75, 3.05) is 13.2 Å². The van der Waals surface area contributed by atoms with Crippen LogP contribution in [0.1, 0.15) is 151 Å². The van der Waals surface area contributed by atoms with Gasteiger partial charge < -0.3 is 19.1 Å². The van der Waals surface area contributed by atoms with Gasteiger partial charge in [0, 0.05) is 52.5 Å². The van der Waals surface area contributed by atoms with Crippen LogP contribution in [0.15, 0.2) is 110 Å². The second-order valence-electron chi connectivity index (χ2n) is 17.6. The van der Waals surface area contributed by atoms with Gasteiger partial charge in [-0.1, -0.05) is 150 Å². The Bertz CT molecular complexity index is 2570. The minimum Gasteiger partial charge on any atom is -0.463 e. The van der Waals surface area contributed by atoms with Crippen molar-refractivity contribution >= 4 is 30.3 Å². The number of hydrogen-bond acceptors (Lipinski definition) is 10. The number of benzene rings is 4. The summed E-state index contributed by atoms with van der Waals surface area (Å²) in [5.74, 6) is 0.888. The van der Waals surface area contributed by atoms with Gasteiger partial charge in [0.25, 0.3) is 0 Å². The number of carbonyl (C=O) groups is 1. The normalized spacial score (nSPS) is 15.0. The van der Waals surface area contributed by atoms with Crippen LogP contribution in [0.3, 0.4) is 0 Å². The number of ether oxygens (including phenoxy) is 3. The highest BCUT2D eigenvalue weighted by Crippen LogP contribution is 2.57. The van der Waals surface area contributed by atoms with Crippen LogP contribution in [-0.2, 0) is 29.8 Å². The molecule has 2 heterocycles. The van der Waals surface area contributed by atoms with Gasteiger partial charge >= 0.3 is 18.0 Å². The molecule has 2 aliphatic carbocycles. The molecule has 6 aromatic rings. The maximum Gasteiger partial charge on any atom is 0.343 e. The maximum absolute atomic E-state index is 13.7. The number of rotatable bonds is 24. The Kier molecular flexibility index (Phi) is 16.6. The number of fused-ring (bicyclic) bond motifs is 4. The number of aromatic nitrogens is 4. The zero-order valence-corrected chi connectivity index (χ0v) is 39.0. The SMILES string of the molecule is CCCCCCCOc1ncc(/C=C/c2ccc(COOc3cccc4c3C3(CC4)CCc4cccc(OC(=O)c5ccc(/C=C/c6cnc(OCCCCCCC)nc6)cc5)c43)cc2)cn1. The fourth-order valence-corrected chi connectivity index (χ4v) is 9.13.